The Balaban J connectivity index is 1.61. The van der Waals surface area contributed by atoms with Crippen LogP contribution in [-0.4, -0.2) is 48.8 Å². The molecule has 1 aromatic heterocycles. The molecule has 0 atom stereocenters. The van der Waals surface area contributed by atoms with Gasteiger partial charge in [-0.25, -0.2) is 4.79 Å². The molecule has 0 unspecified atom stereocenters. The Morgan fingerprint density at radius 3 is 2.40 bits per heavy atom. The Morgan fingerprint density at radius 1 is 0.911 bits per heavy atom. The molecule has 1 aliphatic heterocycles. The summed E-state index contributed by atoms with van der Waals surface area (Å²) in [7, 11) is 3.09. The third-order valence-corrected chi connectivity index (χ3v) is 7.29. The number of carboxylic acid groups (broad SMARTS) is 1. The summed E-state index contributed by atoms with van der Waals surface area (Å²) >= 11 is 0. The Bertz CT molecular complexity index is 1700. The first-order valence-electron chi connectivity index (χ1n) is 14.5. The first kappa shape index (κ1) is 31.2. The standard InChI is InChI=1S/C35H35NO9/c1-4-11-42-33-18-36-17-26(13-25(35(38)39)12-24-14-31-32(45-21-44-31)16-29(24)41-3)34(33)28-10-9-27(40-2)15-30(28)43-20-23-8-6-5-7-22(23)19-37/h5-10,13-18,37H,4,11-12,19-21H2,1-3H3,(H,38,39)/b25-13+. The smallest absolute Gasteiger partial charge is 0.331 e. The molecule has 4 aromatic rings. The topological polar surface area (TPSA) is 126 Å². The molecule has 0 radical (unpaired) electrons. The van der Waals surface area contributed by atoms with Crippen molar-refractivity contribution in [2.24, 2.45) is 0 Å². The van der Waals surface area contributed by atoms with Gasteiger partial charge in [0.05, 0.1) is 33.6 Å². The second-order valence-corrected chi connectivity index (χ2v) is 10.2. The first-order valence-corrected chi connectivity index (χ1v) is 14.5. The fourth-order valence-electron chi connectivity index (χ4n) is 5.01. The van der Waals surface area contributed by atoms with Gasteiger partial charge in [0.1, 0.15) is 29.6 Å². The summed E-state index contributed by atoms with van der Waals surface area (Å²) < 4.78 is 34.5. The van der Waals surface area contributed by atoms with E-state index in [-0.39, 0.29) is 32.0 Å². The second-order valence-electron chi connectivity index (χ2n) is 10.2. The lowest BCUT2D eigenvalue weighted by atomic mass is 9.95. The molecule has 3 aromatic carbocycles. The Morgan fingerprint density at radius 2 is 1.69 bits per heavy atom. The van der Waals surface area contributed by atoms with Gasteiger partial charge >= 0.3 is 5.97 Å². The summed E-state index contributed by atoms with van der Waals surface area (Å²) in [5.74, 6) is 1.98. The maximum absolute atomic E-state index is 12.6. The van der Waals surface area contributed by atoms with Gasteiger partial charge in [-0.15, -0.1) is 0 Å². The third-order valence-electron chi connectivity index (χ3n) is 7.29. The molecule has 0 fully saturated rings. The molecule has 234 valence electrons. The summed E-state index contributed by atoms with van der Waals surface area (Å²) in [6.07, 6.45) is 5.59. The molecule has 0 spiro atoms. The number of nitrogens with zero attached hydrogens (tertiary/aromatic N) is 1. The lowest BCUT2D eigenvalue weighted by Gasteiger charge is -2.19. The Kier molecular flexibility index (Phi) is 10.1. The largest absolute Gasteiger partial charge is 0.497 e. The molecule has 45 heavy (non-hydrogen) atoms. The molecule has 0 saturated carbocycles. The monoisotopic (exact) mass is 613 g/mol. The number of hydrogen-bond acceptors (Lipinski definition) is 9. The molecule has 0 amide bonds. The van der Waals surface area contributed by atoms with E-state index in [2.05, 4.69) is 4.98 Å². The van der Waals surface area contributed by atoms with Crippen LogP contribution in [0.25, 0.3) is 17.2 Å². The predicted octanol–water partition coefficient (Wildman–Crippen LogP) is 6.07. The van der Waals surface area contributed by atoms with Crippen molar-refractivity contribution in [2.75, 3.05) is 27.6 Å². The van der Waals surface area contributed by atoms with Crippen molar-refractivity contribution in [3.05, 3.63) is 94.8 Å². The van der Waals surface area contributed by atoms with Crippen molar-refractivity contribution in [3.63, 3.8) is 0 Å². The number of hydrogen-bond donors (Lipinski definition) is 2. The number of rotatable bonds is 14. The molecule has 10 nitrogen and oxygen atoms in total. The molecule has 0 bridgehead atoms. The number of methoxy groups -OCH3 is 2. The third kappa shape index (κ3) is 7.13. The molecule has 2 heterocycles. The summed E-state index contributed by atoms with van der Waals surface area (Å²) in [6.45, 7) is 2.57. The highest BCUT2D eigenvalue weighted by molar-refractivity contribution is 5.95. The minimum Gasteiger partial charge on any atom is -0.497 e. The molecule has 10 heteroatoms. The lowest BCUT2D eigenvalue weighted by molar-refractivity contribution is -0.132. The van der Waals surface area contributed by atoms with E-state index in [9.17, 15) is 15.0 Å². The quantitative estimate of drug-likeness (QED) is 0.162. The van der Waals surface area contributed by atoms with E-state index in [1.54, 1.807) is 49.8 Å². The number of aliphatic hydroxyl groups excluding tert-OH is 1. The van der Waals surface area contributed by atoms with E-state index >= 15 is 0 Å². The minimum absolute atomic E-state index is 0.0402. The number of aromatic nitrogens is 1. The average Bonchev–Trinajstić information content (AvgIpc) is 3.53. The van der Waals surface area contributed by atoms with E-state index in [1.807, 2.05) is 37.3 Å². The van der Waals surface area contributed by atoms with Crippen LogP contribution in [0, 0.1) is 0 Å². The van der Waals surface area contributed by atoms with Crippen molar-refractivity contribution in [1.29, 1.82) is 0 Å². The van der Waals surface area contributed by atoms with Crippen molar-refractivity contribution < 1.29 is 43.4 Å². The van der Waals surface area contributed by atoms with Gasteiger partial charge in [-0.3, -0.25) is 4.98 Å². The van der Waals surface area contributed by atoms with Crippen LogP contribution in [0.4, 0.5) is 0 Å². The summed E-state index contributed by atoms with van der Waals surface area (Å²) in [5, 5.41) is 20.2. The van der Waals surface area contributed by atoms with Crippen molar-refractivity contribution >= 4 is 12.0 Å². The van der Waals surface area contributed by atoms with E-state index in [4.69, 9.17) is 28.4 Å². The van der Waals surface area contributed by atoms with Crippen LogP contribution in [0.5, 0.6) is 34.5 Å². The van der Waals surface area contributed by atoms with E-state index in [0.717, 1.165) is 17.5 Å². The number of pyridine rings is 1. The highest BCUT2D eigenvalue weighted by atomic mass is 16.7. The second kappa shape index (κ2) is 14.5. The summed E-state index contributed by atoms with van der Waals surface area (Å²) in [5.41, 5.74) is 4.09. The molecule has 0 saturated heterocycles. The maximum Gasteiger partial charge on any atom is 0.331 e. The van der Waals surface area contributed by atoms with Gasteiger partial charge in [-0.1, -0.05) is 31.2 Å². The number of carboxylic acids is 1. The Labute approximate surface area is 261 Å². The molecule has 0 aliphatic carbocycles. The highest BCUT2D eigenvalue weighted by Crippen LogP contribution is 2.43. The molecular weight excluding hydrogens is 578 g/mol. The van der Waals surface area contributed by atoms with E-state index < -0.39 is 5.97 Å². The van der Waals surface area contributed by atoms with Crippen LogP contribution in [0.3, 0.4) is 0 Å². The van der Waals surface area contributed by atoms with Crippen LogP contribution in [0.1, 0.15) is 35.6 Å². The number of ether oxygens (including phenoxy) is 6. The summed E-state index contributed by atoms with van der Waals surface area (Å²) in [4.78, 5) is 17.0. The van der Waals surface area contributed by atoms with Crippen LogP contribution in [0.2, 0.25) is 0 Å². The summed E-state index contributed by atoms with van der Waals surface area (Å²) in [6, 6.07) is 16.3. The fourth-order valence-corrected chi connectivity index (χ4v) is 5.01. The minimum atomic E-state index is -1.10. The van der Waals surface area contributed by atoms with Gasteiger partial charge < -0.3 is 38.6 Å². The van der Waals surface area contributed by atoms with Gasteiger partial charge in [0.2, 0.25) is 6.79 Å². The van der Waals surface area contributed by atoms with E-state index in [1.165, 1.54) is 7.11 Å². The number of carbonyl (C=O) groups is 1. The number of aliphatic carboxylic acids is 1. The zero-order chi connectivity index (χ0) is 31.8. The van der Waals surface area contributed by atoms with Crippen LogP contribution in [-0.2, 0) is 24.4 Å². The SMILES string of the molecule is CCCOc1cncc(/C=C(\Cc2cc3c(cc2OC)OCO3)C(=O)O)c1-c1ccc(OC)cc1OCc1ccccc1CO. The highest BCUT2D eigenvalue weighted by Gasteiger charge is 2.22. The van der Waals surface area contributed by atoms with E-state index in [0.29, 0.717) is 63.4 Å². The van der Waals surface area contributed by atoms with Gasteiger partial charge in [-0.2, -0.15) is 0 Å². The molecule has 1 aliphatic rings. The predicted molar refractivity (Wildman–Crippen MR) is 167 cm³/mol. The van der Waals surface area contributed by atoms with Crippen LogP contribution in [0.15, 0.2) is 72.6 Å². The number of fused-ring (bicyclic) bond motifs is 1. The molecule has 5 rings (SSSR count). The lowest BCUT2D eigenvalue weighted by Crippen LogP contribution is -2.07. The Hall–Kier alpha value is -5.22. The zero-order valence-corrected chi connectivity index (χ0v) is 25.4. The fraction of sp³-hybridized carbons (Fsp3) is 0.257. The number of benzene rings is 3. The van der Waals surface area contributed by atoms with Crippen LogP contribution >= 0.6 is 0 Å². The maximum atomic E-state index is 12.6. The van der Waals surface area contributed by atoms with Crippen molar-refractivity contribution in [1.82, 2.24) is 4.98 Å². The normalized spacial score (nSPS) is 12.1. The van der Waals surface area contributed by atoms with Gasteiger partial charge in [0, 0.05) is 52.6 Å². The van der Waals surface area contributed by atoms with Crippen molar-refractivity contribution in [2.45, 2.75) is 33.0 Å². The number of aliphatic hydroxyl groups is 1. The average molecular weight is 614 g/mol. The molecular formula is C35H35NO9. The molecule has 2 N–H and O–H groups in total. The first-order chi connectivity index (χ1) is 21.9. The zero-order valence-electron chi connectivity index (χ0n) is 25.4. The van der Waals surface area contributed by atoms with Gasteiger partial charge in [0.15, 0.2) is 11.5 Å². The van der Waals surface area contributed by atoms with Gasteiger partial charge in [-0.05, 0) is 41.8 Å². The van der Waals surface area contributed by atoms with Crippen LogP contribution < -0.4 is 28.4 Å². The van der Waals surface area contributed by atoms with Crippen molar-refractivity contribution in [3.8, 4) is 45.6 Å². The van der Waals surface area contributed by atoms with Gasteiger partial charge in [0.25, 0.3) is 0 Å².